The van der Waals surface area contributed by atoms with Gasteiger partial charge in [0.1, 0.15) is 0 Å². The summed E-state index contributed by atoms with van der Waals surface area (Å²) in [7, 11) is 0. The highest BCUT2D eigenvalue weighted by Gasteiger charge is 2.12. The molecule has 27 heavy (non-hydrogen) atoms. The van der Waals surface area contributed by atoms with Gasteiger partial charge in [-0.3, -0.25) is 0 Å². The van der Waals surface area contributed by atoms with Gasteiger partial charge in [-0.05, 0) is 67.3 Å². The number of hydrogen-bond acceptors (Lipinski definition) is 6. The number of aromatic nitrogens is 2. The van der Waals surface area contributed by atoms with Gasteiger partial charge in [0.05, 0.1) is 0 Å². The second-order valence-electron chi connectivity index (χ2n) is 6.63. The number of phenolic OH excluding ortho intramolecular Hbond substituents is 2. The van der Waals surface area contributed by atoms with Crippen molar-refractivity contribution in [1.82, 2.24) is 10.1 Å². The fourth-order valence-electron chi connectivity index (χ4n) is 3.21. The van der Waals surface area contributed by atoms with Crippen LogP contribution >= 0.6 is 0 Å². The summed E-state index contributed by atoms with van der Waals surface area (Å²) in [6, 6.07) is 12.8. The van der Waals surface area contributed by atoms with Crippen LogP contribution in [0.25, 0.3) is 23.5 Å². The molecule has 2 heterocycles. The number of hydrogen-bond donors (Lipinski definition) is 2. The van der Waals surface area contributed by atoms with Gasteiger partial charge in [0.25, 0.3) is 5.89 Å². The average molecular weight is 363 g/mol. The minimum atomic E-state index is -0.169. The van der Waals surface area contributed by atoms with Crippen LogP contribution in [0.3, 0.4) is 0 Å². The molecule has 1 saturated heterocycles. The van der Waals surface area contributed by atoms with Crippen LogP contribution in [0.4, 0.5) is 5.69 Å². The summed E-state index contributed by atoms with van der Waals surface area (Å²) >= 11 is 0. The molecule has 6 heteroatoms. The van der Waals surface area contributed by atoms with E-state index in [2.05, 4.69) is 27.2 Å². The van der Waals surface area contributed by atoms with Crippen LogP contribution in [0.1, 0.15) is 30.7 Å². The largest absolute Gasteiger partial charge is 0.504 e. The van der Waals surface area contributed by atoms with Crippen molar-refractivity contribution in [3.05, 3.63) is 53.9 Å². The Kier molecular flexibility index (Phi) is 4.78. The van der Waals surface area contributed by atoms with E-state index in [0.29, 0.717) is 11.7 Å². The number of aromatic hydroxyl groups is 2. The standard InChI is InChI=1S/C21H21N3O3/c25-18-10-4-15(14-19(18)26)5-11-20-22-21(23-27-20)16-6-8-17(9-7-16)24-12-2-1-3-13-24/h4-11,14,25-26H,1-3,12-13H2/b11-5+. The van der Waals surface area contributed by atoms with Gasteiger partial charge >= 0.3 is 0 Å². The third-order valence-corrected chi connectivity index (χ3v) is 4.71. The van der Waals surface area contributed by atoms with Crippen LogP contribution in [-0.2, 0) is 0 Å². The molecule has 0 bridgehead atoms. The molecule has 0 unspecified atom stereocenters. The molecule has 1 aliphatic rings. The zero-order chi connectivity index (χ0) is 18.6. The third-order valence-electron chi connectivity index (χ3n) is 4.71. The molecule has 1 fully saturated rings. The smallest absolute Gasteiger partial charge is 0.250 e. The Morgan fingerprint density at radius 1 is 0.889 bits per heavy atom. The lowest BCUT2D eigenvalue weighted by atomic mass is 10.1. The lowest BCUT2D eigenvalue weighted by Gasteiger charge is -2.28. The molecule has 0 aliphatic carbocycles. The Labute approximate surface area is 157 Å². The fraction of sp³-hybridized carbons (Fsp3) is 0.238. The second kappa shape index (κ2) is 7.53. The average Bonchev–Trinajstić information content (AvgIpc) is 3.19. The van der Waals surface area contributed by atoms with Crippen molar-refractivity contribution < 1.29 is 14.7 Å². The maximum atomic E-state index is 9.53. The van der Waals surface area contributed by atoms with Crippen molar-refractivity contribution in [3.8, 4) is 22.9 Å². The number of benzene rings is 2. The van der Waals surface area contributed by atoms with Crippen molar-refractivity contribution >= 4 is 17.8 Å². The molecule has 4 rings (SSSR count). The Bertz CT molecular complexity index is 942. The van der Waals surface area contributed by atoms with Gasteiger partial charge in [0, 0.05) is 30.4 Å². The first-order chi connectivity index (χ1) is 13.2. The minimum absolute atomic E-state index is 0.153. The highest BCUT2D eigenvalue weighted by molar-refractivity contribution is 5.68. The summed E-state index contributed by atoms with van der Waals surface area (Å²) < 4.78 is 5.27. The molecule has 2 N–H and O–H groups in total. The quantitative estimate of drug-likeness (QED) is 0.672. The van der Waals surface area contributed by atoms with E-state index in [9.17, 15) is 10.2 Å². The SMILES string of the molecule is Oc1ccc(/C=C/c2nc(-c3ccc(N4CCCCC4)cc3)no2)cc1O. The Morgan fingerprint density at radius 2 is 1.67 bits per heavy atom. The molecule has 2 aromatic carbocycles. The molecule has 1 aromatic heterocycles. The zero-order valence-electron chi connectivity index (χ0n) is 14.9. The van der Waals surface area contributed by atoms with Crippen molar-refractivity contribution in [2.75, 3.05) is 18.0 Å². The van der Waals surface area contributed by atoms with Gasteiger partial charge in [-0.2, -0.15) is 4.98 Å². The van der Waals surface area contributed by atoms with Crippen LogP contribution in [0.5, 0.6) is 11.5 Å². The Hall–Kier alpha value is -3.28. The van der Waals surface area contributed by atoms with E-state index in [1.165, 1.54) is 37.1 Å². The van der Waals surface area contributed by atoms with Crippen molar-refractivity contribution in [2.24, 2.45) is 0 Å². The van der Waals surface area contributed by atoms with Gasteiger partial charge in [0.15, 0.2) is 11.5 Å². The highest BCUT2D eigenvalue weighted by Crippen LogP contribution is 2.26. The summed E-state index contributed by atoms with van der Waals surface area (Å²) in [6.45, 7) is 2.23. The highest BCUT2D eigenvalue weighted by atomic mass is 16.5. The fourth-order valence-corrected chi connectivity index (χ4v) is 3.21. The molecule has 0 spiro atoms. The number of piperidine rings is 1. The summed E-state index contributed by atoms with van der Waals surface area (Å²) in [4.78, 5) is 6.80. The third kappa shape index (κ3) is 3.95. The maximum Gasteiger partial charge on any atom is 0.250 e. The van der Waals surface area contributed by atoms with Crippen LogP contribution in [-0.4, -0.2) is 33.4 Å². The second-order valence-corrected chi connectivity index (χ2v) is 6.63. The molecule has 0 radical (unpaired) electrons. The monoisotopic (exact) mass is 363 g/mol. The number of anilines is 1. The predicted octanol–water partition coefficient (Wildman–Crippen LogP) is 4.31. The first-order valence-corrected chi connectivity index (χ1v) is 9.08. The van der Waals surface area contributed by atoms with Gasteiger partial charge < -0.3 is 19.6 Å². The molecule has 3 aromatic rings. The Balaban J connectivity index is 1.47. The molecule has 138 valence electrons. The first-order valence-electron chi connectivity index (χ1n) is 9.08. The van der Waals surface area contributed by atoms with Crippen LogP contribution in [0, 0.1) is 0 Å². The van der Waals surface area contributed by atoms with Crippen molar-refractivity contribution in [2.45, 2.75) is 19.3 Å². The van der Waals surface area contributed by atoms with E-state index in [4.69, 9.17) is 4.52 Å². The molecule has 6 nitrogen and oxygen atoms in total. The van der Waals surface area contributed by atoms with E-state index in [1.807, 2.05) is 12.1 Å². The maximum absolute atomic E-state index is 9.53. The van der Waals surface area contributed by atoms with Crippen LogP contribution in [0.15, 0.2) is 47.0 Å². The van der Waals surface area contributed by atoms with Crippen LogP contribution < -0.4 is 4.90 Å². The molecular weight excluding hydrogens is 342 g/mol. The summed E-state index contributed by atoms with van der Waals surface area (Å²) in [5, 5.41) is 22.9. The predicted molar refractivity (Wildman–Crippen MR) is 104 cm³/mol. The van der Waals surface area contributed by atoms with Gasteiger partial charge in [0.2, 0.25) is 5.82 Å². The summed E-state index contributed by atoms with van der Waals surface area (Å²) in [5.74, 6) is 0.587. The molecule has 1 aliphatic heterocycles. The summed E-state index contributed by atoms with van der Waals surface area (Å²) in [6.07, 6.45) is 7.22. The minimum Gasteiger partial charge on any atom is -0.504 e. The van der Waals surface area contributed by atoms with Crippen LogP contribution in [0.2, 0.25) is 0 Å². The topological polar surface area (TPSA) is 82.6 Å². The van der Waals surface area contributed by atoms with E-state index in [1.54, 1.807) is 18.2 Å². The van der Waals surface area contributed by atoms with E-state index >= 15 is 0 Å². The molecule has 0 atom stereocenters. The van der Waals surface area contributed by atoms with E-state index in [0.717, 1.165) is 24.2 Å². The number of rotatable bonds is 4. The molecule has 0 saturated carbocycles. The lowest BCUT2D eigenvalue weighted by molar-refractivity contribution is 0.403. The van der Waals surface area contributed by atoms with Gasteiger partial charge in [-0.1, -0.05) is 11.2 Å². The number of nitrogens with zero attached hydrogens (tertiary/aromatic N) is 3. The lowest BCUT2D eigenvalue weighted by Crippen LogP contribution is -2.29. The molecular formula is C21H21N3O3. The van der Waals surface area contributed by atoms with Gasteiger partial charge in [-0.25, -0.2) is 0 Å². The van der Waals surface area contributed by atoms with E-state index in [-0.39, 0.29) is 11.5 Å². The van der Waals surface area contributed by atoms with Gasteiger partial charge in [-0.15, -0.1) is 0 Å². The first kappa shape index (κ1) is 17.1. The Morgan fingerprint density at radius 3 is 2.41 bits per heavy atom. The molecule has 0 amide bonds. The summed E-state index contributed by atoms with van der Waals surface area (Å²) in [5.41, 5.74) is 2.85. The normalized spacial score (nSPS) is 14.7. The number of phenols is 2. The van der Waals surface area contributed by atoms with Crippen molar-refractivity contribution in [1.29, 1.82) is 0 Å². The zero-order valence-corrected chi connectivity index (χ0v) is 14.9. The van der Waals surface area contributed by atoms with Crippen molar-refractivity contribution in [3.63, 3.8) is 0 Å². The van der Waals surface area contributed by atoms with E-state index < -0.39 is 0 Å².